The van der Waals surface area contributed by atoms with Gasteiger partial charge in [0.25, 0.3) is 0 Å². The Morgan fingerprint density at radius 3 is 2.76 bits per heavy atom. The number of nitrogens with one attached hydrogen (secondary N) is 1. The van der Waals surface area contributed by atoms with Crippen LogP contribution in [0.1, 0.15) is 43.2 Å². The van der Waals surface area contributed by atoms with Crippen molar-refractivity contribution in [3.05, 3.63) is 29.5 Å². The lowest BCUT2D eigenvalue weighted by Gasteiger charge is -2.31. The number of rotatable bonds is 6. The lowest BCUT2D eigenvalue weighted by Crippen LogP contribution is -2.42. The first kappa shape index (κ1) is 16.9. The van der Waals surface area contributed by atoms with Crippen molar-refractivity contribution in [3.63, 3.8) is 0 Å². The van der Waals surface area contributed by atoms with Gasteiger partial charge in [0.15, 0.2) is 0 Å². The molecule has 25 heavy (non-hydrogen) atoms. The fourth-order valence-electron chi connectivity index (χ4n) is 3.63. The molecule has 0 radical (unpaired) electrons. The molecule has 1 aromatic heterocycles. The number of likely N-dealkylation sites (tertiary alicyclic amines) is 1. The van der Waals surface area contributed by atoms with Crippen LogP contribution in [0.4, 0.5) is 0 Å². The zero-order chi connectivity index (χ0) is 17.4. The van der Waals surface area contributed by atoms with Crippen LogP contribution in [0, 0.1) is 12.8 Å². The summed E-state index contributed by atoms with van der Waals surface area (Å²) in [6, 6.07) is 6.23. The number of aryl methyl sites for hydroxylation is 1. The van der Waals surface area contributed by atoms with Gasteiger partial charge in [-0.1, -0.05) is 0 Å². The Kier molecular flexibility index (Phi) is 4.71. The third-order valence-corrected chi connectivity index (χ3v) is 5.45. The molecule has 2 heterocycles. The molecule has 2 fully saturated rings. The number of ether oxygens (including phenoxy) is 1. The number of nitrogens with zero attached hydrogens (tertiary/aromatic N) is 1. The van der Waals surface area contributed by atoms with Crippen molar-refractivity contribution < 1.29 is 14.3 Å². The van der Waals surface area contributed by atoms with Gasteiger partial charge in [-0.2, -0.15) is 0 Å². The van der Waals surface area contributed by atoms with Crippen molar-refractivity contribution in [1.29, 1.82) is 0 Å². The Balaban J connectivity index is 1.52. The first-order valence-corrected chi connectivity index (χ1v) is 9.38. The van der Waals surface area contributed by atoms with E-state index < -0.39 is 6.23 Å². The van der Waals surface area contributed by atoms with Crippen molar-refractivity contribution in [3.8, 4) is 5.75 Å². The van der Waals surface area contributed by atoms with Crippen LogP contribution in [0.5, 0.6) is 5.75 Å². The van der Waals surface area contributed by atoms with Gasteiger partial charge in [-0.05, 0) is 76.9 Å². The number of fused-ring (bicyclic) bond motifs is 1. The van der Waals surface area contributed by atoms with Crippen molar-refractivity contribution >= 4 is 11.0 Å². The summed E-state index contributed by atoms with van der Waals surface area (Å²) < 4.78 is 11.8. The van der Waals surface area contributed by atoms with E-state index in [-0.39, 0.29) is 0 Å². The fraction of sp³-hybridized carbons (Fsp3) is 0.600. The molecule has 0 bridgehead atoms. The zero-order valence-corrected chi connectivity index (χ0v) is 15.1. The topological polar surface area (TPSA) is 57.9 Å². The molecule has 136 valence electrons. The first-order valence-electron chi connectivity index (χ1n) is 9.38. The number of hydrogen-bond donors (Lipinski definition) is 2. The summed E-state index contributed by atoms with van der Waals surface area (Å²) in [7, 11) is 2.14. The highest BCUT2D eigenvalue weighted by atomic mass is 16.5. The zero-order valence-electron chi connectivity index (χ0n) is 15.1. The van der Waals surface area contributed by atoms with Gasteiger partial charge in [0.05, 0.1) is 6.61 Å². The summed E-state index contributed by atoms with van der Waals surface area (Å²) in [5.41, 5.74) is 1.64. The molecule has 1 atom stereocenters. The molecule has 2 N–H and O–H groups in total. The van der Waals surface area contributed by atoms with Crippen LogP contribution in [0.3, 0.4) is 0 Å². The SMILES string of the molecule is Cc1oc2ccc(OCC3CC3)cc2c1C(O)NC1CCN(C)CC1. The predicted octanol–water partition coefficient (Wildman–Crippen LogP) is 3.20. The van der Waals surface area contributed by atoms with Gasteiger partial charge in [0, 0.05) is 17.0 Å². The smallest absolute Gasteiger partial charge is 0.135 e. The molecule has 0 spiro atoms. The second-order valence-electron chi connectivity index (χ2n) is 7.63. The van der Waals surface area contributed by atoms with Crippen molar-refractivity contribution in [2.24, 2.45) is 5.92 Å². The van der Waals surface area contributed by atoms with Crippen LogP contribution in [0.25, 0.3) is 11.0 Å². The minimum atomic E-state index is -0.715. The summed E-state index contributed by atoms with van der Waals surface area (Å²) >= 11 is 0. The van der Waals surface area contributed by atoms with Gasteiger partial charge in [0.2, 0.25) is 0 Å². The molecule has 1 saturated carbocycles. The molecule has 2 aliphatic rings. The summed E-state index contributed by atoms with van der Waals surface area (Å²) in [5, 5.41) is 15.1. The number of aliphatic hydroxyl groups is 1. The van der Waals surface area contributed by atoms with E-state index in [0.29, 0.717) is 6.04 Å². The minimum absolute atomic E-state index is 0.338. The predicted molar refractivity (Wildman–Crippen MR) is 97.8 cm³/mol. The number of aliphatic hydroxyl groups excluding tert-OH is 1. The molecule has 2 aromatic rings. The van der Waals surface area contributed by atoms with Crippen LogP contribution in [0.15, 0.2) is 22.6 Å². The molecule has 0 amide bonds. The molecule has 1 aromatic carbocycles. The van der Waals surface area contributed by atoms with Gasteiger partial charge in [-0.3, -0.25) is 5.32 Å². The van der Waals surface area contributed by atoms with E-state index in [1.165, 1.54) is 12.8 Å². The average Bonchev–Trinajstić information content (AvgIpc) is 3.36. The van der Waals surface area contributed by atoms with Gasteiger partial charge in [-0.25, -0.2) is 0 Å². The Bertz CT molecular complexity index is 730. The maximum atomic E-state index is 10.8. The maximum absolute atomic E-state index is 10.8. The van der Waals surface area contributed by atoms with Gasteiger partial charge in [0.1, 0.15) is 23.3 Å². The van der Waals surface area contributed by atoms with E-state index in [4.69, 9.17) is 9.15 Å². The molecule has 1 aliphatic heterocycles. The van der Waals surface area contributed by atoms with E-state index in [1.54, 1.807) is 0 Å². The van der Waals surface area contributed by atoms with Crippen LogP contribution >= 0.6 is 0 Å². The highest BCUT2D eigenvalue weighted by Crippen LogP contribution is 2.34. The fourth-order valence-corrected chi connectivity index (χ4v) is 3.63. The van der Waals surface area contributed by atoms with Crippen molar-refractivity contribution in [1.82, 2.24) is 10.2 Å². The second kappa shape index (κ2) is 6.98. The third-order valence-electron chi connectivity index (χ3n) is 5.45. The van der Waals surface area contributed by atoms with E-state index in [9.17, 15) is 5.11 Å². The molecule has 5 nitrogen and oxygen atoms in total. The highest BCUT2D eigenvalue weighted by Gasteiger charge is 2.25. The largest absolute Gasteiger partial charge is 0.493 e. The van der Waals surface area contributed by atoms with Crippen LogP contribution < -0.4 is 10.1 Å². The van der Waals surface area contributed by atoms with Gasteiger partial charge in [-0.15, -0.1) is 0 Å². The number of hydrogen-bond acceptors (Lipinski definition) is 5. The Morgan fingerprint density at radius 1 is 1.28 bits per heavy atom. The van der Waals surface area contributed by atoms with Crippen LogP contribution in [0.2, 0.25) is 0 Å². The Hall–Kier alpha value is -1.56. The molecule has 5 heteroatoms. The number of piperidine rings is 1. The third kappa shape index (κ3) is 3.84. The van der Waals surface area contributed by atoms with Crippen molar-refractivity contribution in [2.75, 3.05) is 26.7 Å². The molecular weight excluding hydrogens is 316 g/mol. The normalized spacial score (nSPS) is 20.9. The lowest BCUT2D eigenvalue weighted by molar-refractivity contribution is 0.103. The standard InChI is InChI=1S/C20H28N2O3/c1-13-19(20(23)21-15-7-9-22(2)10-8-15)17-11-16(5-6-18(17)25-13)24-12-14-3-4-14/h5-6,11,14-15,20-21,23H,3-4,7-10,12H2,1-2H3. The molecule has 1 unspecified atom stereocenters. The van der Waals surface area contributed by atoms with E-state index >= 15 is 0 Å². The summed E-state index contributed by atoms with van der Waals surface area (Å²) in [4.78, 5) is 2.33. The maximum Gasteiger partial charge on any atom is 0.135 e. The summed E-state index contributed by atoms with van der Waals surface area (Å²) in [6.45, 7) is 4.83. The molecular formula is C20H28N2O3. The van der Waals surface area contributed by atoms with E-state index in [2.05, 4.69) is 17.3 Å². The number of benzene rings is 1. The molecule has 4 rings (SSSR count). The van der Waals surface area contributed by atoms with Crippen molar-refractivity contribution in [2.45, 2.75) is 44.9 Å². The van der Waals surface area contributed by atoms with Crippen LogP contribution in [-0.2, 0) is 0 Å². The van der Waals surface area contributed by atoms with E-state index in [1.807, 2.05) is 25.1 Å². The van der Waals surface area contributed by atoms with Gasteiger partial charge < -0.3 is 19.2 Å². The second-order valence-corrected chi connectivity index (χ2v) is 7.63. The number of furan rings is 1. The quantitative estimate of drug-likeness (QED) is 0.788. The lowest BCUT2D eigenvalue weighted by atomic mass is 10.0. The molecule has 1 saturated heterocycles. The molecule has 1 aliphatic carbocycles. The Labute approximate surface area is 148 Å². The minimum Gasteiger partial charge on any atom is -0.493 e. The summed E-state index contributed by atoms with van der Waals surface area (Å²) in [6.07, 6.45) is 3.94. The summed E-state index contributed by atoms with van der Waals surface area (Å²) in [5.74, 6) is 2.34. The first-order chi connectivity index (χ1) is 12.1. The highest BCUT2D eigenvalue weighted by molar-refractivity contribution is 5.84. The monoisotopic (exact) mass is 344 g/mol. The van der Waals surface area contributed by atoms with Crippen LogP contribution in [-0.4, -0.2) is 42.8 Å². The van der Waals surface area contributed by atoms with E-state index in [0.717, 1.165) is 66.5 Å². The average molecular weight is 344 g/mol. The Morgan fingerprint density at radius 2 is 2.04 bits per heavy atom. The van der Waals surface area contributed by atoms with Gasteiger partial charge >= 0.3 is 0 Å².